The Morgan fingerprint density at radius 3 is 2.67 bits per heavy atom. The van der Waals surface area contributed by atoms with Gasteiger partial charge >= 0.3 is 12.1 Å². The molecule has 0 saturated carbocycles. The molecular formula is C17H25N5O5. The molecule has 3 aliphatic rings. The lowest BCUT2D eigenvalue weighted by atomic mass is 10.0. The summed E-state index contributed by atoms with van der Waals surface area (Å²) >= 11 is 0. The molecule has 2 bridgehead atoms. The normalized spacial score (nSPS) is 28.2. The van der Waals surface area contributed by atoms with Crippen molar-refractivity contribution in [2.45, 2.75) is 63.6 Å². The Hall–Kier alpha value is -2.36. The minimum Gasteiger partial charge on any atom is -0.444 e. The lowest BCUT2D eigenvalue weighted by Crippen LogP contribution is -2.35. The van der Waals surface area contributed by atoms with Crippen LogP contribution in [0, 0.1) is 0 Å². The predicted octanol–water partition coefficient (Wildman–Crippen LogP) is 2.12. The van der Waals surface area contributed by atoms with Crippen LogP contribution < -0.4 is 0 Å². The molecule has 0 aliphatic carbocycles. The Morgan fingerprint density at radius 2 is 1.93 bits per heavy atom. The number of nitrogens with zero attached hydrogens (tertiary/aromatic N) is 5. The van der Waals surface area contributed by atoms with E-state index in [-0.39, 0.29) is 24.1 Å². The van der Waals surface area contributed by atoms with Crippen LogP contribution in [0.15, 0.2) is 4.42 Å². The Bertz CT molecular complexity index is 744. The van der Waals surface area contributed by atoms with E-state index in [4.69, 9.17) is 9.15 Å². The van der Waals surface area contributed by atoms with Crippen molar-refractivity contribution in [2.75, 3.05) is 19.6 Å². The van der Waals surface area contributed by atoms with Gasteiger partial charge in [-0.05, 0) is 40.0 Å². The number of amides is 3. The summed E-state index contributed by atoms with van der Waals surface area (Å²) in [7, 11) is 0. The van der Waals surface area contributed by atoms with Gasteiger partial charge in [-0.1, -0.05) is 0 Å². The van der Waals surface area contributed by atoms with Gasteiger partial charge in [0.05, 0.1) is 12.0 Å². The molecule has 148 valence electrons. The molecule has 0 spiro atoms. The quantitative estimate of drug-likeness (QED) is 0.783. The van der Waals surface area contributed by atoms with E-state index in [1.54, 1.807) is 9.80 Å². The third-order valence-electron chi connectivity index (χ3n) is 5.28. The molecule has 3 fully saturated rings. The first-order valence-corrected chi connectivity index (χ1v) is 9.33. The molecule has 1 aromatic heterocycles. The van der Waals surface area contributed by atoms with Crippen molar-refractivity contribution >= 4 is 12.1 Å². The maximum atomic E-state index is 12.2. The Balaban J connectivity index is 1.42. The van der Waals surface area contributed by atoms with E-state index in [2.05, 4.69) is 10.2 Å². The van der Waals surface area contributed by atoms with Crippen LogP contribution in [-0.4, -0.2) is 73.7 Å². The number of ether oxygens (including phenoxy) is 1. The average molecular weight is 379 g/mol. The SMILES string of the molecule is CC(C)(C)OC(=O)N1CC[C@@H](c2nnc([C@@H]3CC[C@H]4CN3C(=O)N4O)o2)C1. The number of rotatable bonds is 2. The number of carbonyl (C=O) groups is 2. The van der Waals surface area contributed by atoms with Crippen LogP contribution in [0.3, 0.4) is 0 Å². The van der Waals surface area contributed by atoms with Gasteiger partial charge in [0, 0.05) is 19.6 Å². The van der Waals surface area contributed by atoms with Crippen LogP contribution in [0.4, 0.5) is 9.59 Å². The van der Waals surface area contributed by atoms with E-state index in [0.717, 1.165) is 11.5 Å². The molecule has 0 unspecified atom stereocenters. The zero-order chi connectivity index (χ0) is 19.3. The number of hydrogen-bond donors (Lipinski definition) is 1. The molecule has 3 saturated heterocycles. The number of carbonyl (C=O) groups excluding carboxylic acids is 2. The third-order valence-corrected chi connectivity index (χ3v) is 5.28. The Kier molecular flexibility index (Phi) is 4.25. The van der Waals surface area contributed by atoms with E-state index in [1.165, 1.54) is 0 Å². The van der Waals surface area contributed by atoms with Crippen molar-refractivity contribution in [1.82, 2.24) is 25.1 Å². The summed E-state index contributed by atoms with van der Waals surface area (Å²) < 4.78 is 11.3. The van der Waals surface area contributed by atoms with E-state index in [1.807, 2.05) is 20.8 Å². The van der Waals surface area contributed by atoms with E-state index in [0.29, 0.717) is 44.3 Å². The van der Waals surface area contributed by atoms with Crippen molar-refractivity contribution in [3.63, 3.8) is 0 Å². The molecular weight excluding hydrogens is 354 g/mol. The number of urea groups is 1. The Labute approximate surface area is 157 Å². The first-order chi connectivity index (χ1) is 12.7. The van der Waals surface area contributed by atoms with Gasteiger partial charge in [0.1, 0.15) is 11.6 Å². The number of aromatic nitrogens is 2. The lowest BCUT2D eigenvalue weighted by molar-refractivity contribution is -0.0584. The van der Waals surface area contributed by atoms with Crippen molar-refractivity contribution in [3.8, 4) is 0 Å². The number of hydroxylamine groups is 2. The fraction of sp³-hybridized carbons (Fsp3) is 0.765. The zero-order valence-electron chi connectivity index (χ0n) is 15.8. The van der Waals surface area contributed by atoms with Crippen molar-refractivity contribution < 1.29 is 24.0 Å². The Morgan fingerprint density at radius 1 is 1.19 bits per heavy atom. The standard InChI is InChI=1S/C17H25N5O5/c1-17(2,3)27-16(24)20-7-6-10(8-20)13-18-19-14(26-13)12-5-4-11-9-21(12)15(23)22(11)25/h10-12,25H,4-9H2,1-3H3/t10-,11+,12+/m1/s1. The summed E-state index contributed by atoms with van der Waals surface area (Å²) in [6.45, 7) is 7.02. The topological polar surface area (TPSA) is 112 Å². The second kappa shape index (κ2) is 6.36. The van der Waals surface area contributed by atoms with Crippen LogP contribution in [-0.2, 0) is 4.74 Å². The van der Waals surface area contributed by atoms with Crippen LogP contribution >= 0.6 is 0 Å². The molecule has 1 aromatic rings. The monoisotopic (exact) mass is 379 g/mol. The molecule has 4 rings (SSSR count). The maximum absolute atomic E-state index is 12.2. The molecule has 10 heteroatoms. The fourth-order valence-corrected chi connectivity index (χ4v) is 3.91. The van der Waals surface area contributed by atoms with Gasteiger partial charge in [-0.25, -0.2) is 14.7 Å². The minimum absolute atomic E-state index is 0.0428. The van der Waals surface area contributed by atoms with Gasteiger partial charge in [-0.15, -0.1) is 10.2 Å². The molecule has 0 aromatic carbocycles. The highest BCUT2D eigenvalue weighted by molar-refractivity contribution is 5.76. The fourth-order valence-electron chi connectivity index (χ4n) is 3.91. The molecule has 4 heterocycles. The van der Waals surface area contributed by atoms with Gasteiger partial charge in [-0.2, -0.15) is 0 Å². The summed E-state index contributed by atoms with van der Waals surface area (Å²) in [4.78, 5) is 27.6. The van der Waals surface area contributed by atoms with Crippen LogP contribution in [0.5, 0.6) is 0 Å². The predicted molar refractivity (Wildman–Crippen MR) is 91.0 cm³/mol. The van der Waals surface area contributed by atoms with Gasteiger partial charge in [0.2, 0.25) is 11.8 Å². The second-order valence-electron chi connectivity index (χ2n) is 8.42. The minimum atomic E-state index is -0.533. The van der Waals surface area contributed by atoms with Crippen molar-refractivity contribution in [2.24, 2.45) is 0 Å². The average Bonchev–Trinajstić information content (AvgIpc) is 3.31. The van der Waals surface area contributed by atoms with E-state index in [9.17, 15) is 14.8 Å². The molecule has 27 heavy (non-hydrogen) atoms. The summed E-state index contributed by atoms with van der Waals surface area (Å²) in [6.07, 6.45) is 1.75. The summed E-state index contributed by atoms with van der Waals surface area (Å²) in [6, 6.07) is -0.886. The van der Waals surface area contributed by atoms with Crippen LogP contribution in [0.25, 0.3) is 0 Å². The lowest BCUT2D eigenvalue weighted by Gasteiger charge is -2.27. The smallest absolute Gasteiger partial charge is 0.410 e. The van der Waals surface area contributed by atoms with Gasteiger partial charge in [0.15, 0.2) is 0 Å². The third kappa shape index (κ3) is 3.33. The molecule has 3 atom stereocenters. The molecule has 0 radical (unpaired) electrons. The molecule has 10 nitrogen and oxygen atoms in total. The highest BCUT2D eigenvalue weighted by Crippen LogP contribution is 2.38. The largest absolute Gasteiger partial charge is 0.444 e. The summed E-state index contributed by atoms with van der Waals surface area (Å²) in [5.74, 6) is 0.826. The maximum Gasteiger partial charge on any atom is 0.410 e. The van der Waals surface area contributed by atoms with E-state index < -0.39 is 11.6 Å². The summed E-state index contributed by atoms with van der Waals surface area (Å²) in [5, 5.41) is 18.9. The van der Waals surface area contributed by atoms with Gasteiger partial charge < -0.3 is 19.0 Å². The molecule has 3 amide bonds. The number of piperidine rings is 1. The highest BCUT2D eigenvalue weighted by atomic mass is 16.6. The zero-order valence-corrected chi connectivity index (χ0v) is 15.8. The van der Waals surface area contributed by atoms with Crippen LogP contribution in [0.2, 0.25) is 0 Å². The number of hydrogen-bond acceptors (Lipinski definition) is 7. The highest BCUT2D eigenvalue weighted by Gasteiger charge is 2.46. The van der Waals surface area contributed by atoms with Gasteiger partial charge in [0.25, 0.3) is 0 Å². The second-order valence-corrected chi connectivity index (χ2v) is 8.42. The molecule has 1 N–H and O–H groups in total. The van der Waals surface area contributed by atoms with Gasteiger partial charge in [-0.3, -0.25) is 5.21 Å². The number of fused-ring (bicyclic) bond motifs is 2. The first-order valence-electron chi connectivity index (χ1n) is 9.33. The molecule has 3 aliphatic heterocycles. The first kappa shape index (κ1) is 18.0. The van der Waals surface area contributed by atoms with Crippen molar-refractivity contribution in [1.29, 1.82) is 0 Å². The van der Waals surface area contributed by atoms with E-state index >= 15 is 0 Å². The summed E-state index contributed by atoms with van der Waals surface area (Å²) in [5.41, 5.74) is -0.533. The van der Waals surface area contributed by atoms with Crippen molar-refractivity contribution in [3.05, 3.63) is 11.8 Å². The number of likely N-dealkylation sites (tertiary alicyclic amines) is 1. The van der Waals surface area contributed by atoms with Crippen LogP contribution in [0.1, 0.15) is 63.8 Å².